The van der Waals surface area contributed by atoms with E-state index in [-0.39, 0.29) is 18.0 Å². The largest absolute Gasteiger partial charge is 0.490 e. The van der Waals surface area contributed by atoms with Crippen molar-refractivity contribution in [2.24, 2.45) is 5.73 Å². The van der Waals surface area contributed by atoms with Crippen LogP contribution in [0.5, 0.6) is 5.75 Å². The average Bonchev–Trinajstić information content (AvgIpc) is 2.28. The lowest BCUT2D eigenvalue weighted by Gasteiger charge is -2.05. The number of rotatable bonds is 4. The van der Waals surface area contributed by atoms with E-state index in [1.165, 1.54) is 25.3 Å². The summed E-state index contributed by atoms with van der Waals surface area (Å²) in [5.74, 6) is -0.282. The van der Waals surface area contributed by atoms with Gasteiger partial charge in [0.25, 0.3) is 0 Å². The molecule has 0 aliphatic heterocycles. The van der Waals surface area contributed by atoms with Crippen molar-refractivity contribution in [2.75, 3.05) is 19.0 Å². The van der Waals surface area contributed by atoms with Gasteiger partial charge in [-0.3, -0.25) is 14.9 Å². The first kappa shape index (κ1) is 11.9. The second kappa shape index (κ2) is 5.08. The van der Waals surface area contributed by atoms with Crippen LogP contribution in [0, 0.1) is 10.1 Å². The van der Waals surface area contributed by atoms with Crippen LogP contribution in [0.4, 0.5) is 11.4 Å². The fourth-order valence-corrected chi connectivity index (χ4v) is 1.12. The zero-order valence-corrected chi connectivity index (χ0v) is 8.60. The summed E-state index contributed by atoms with van der Waals surface area (Å²) in [6, 6.07) is 4.12. The van der Waals surface area contributed by atoms with Crippen molar-refractivity contribution in [3.8, 4) is 5.75 Å². The molecule has 0 heterocycles. The van der Waals surface area contributed by atoms with Gasteiger partial charge in [-0.05, 0) is 12.1 Å². The van der Waals surface area contributed by atoms with Gasteiger partial charge in [-0.2, -0.15) is 0 Å². The molecule has 0 atom stereocenters. The molecule has 1 amide bonds. The highest BCUT2D eigenvalue weighted by molar-refractivity contribution is 5.92. The van der Waals surface area contributed by atoms with E-state index >= 15 is 0 Å². The number of nitrogens with two attached hydrogens (primary N) is 1. The van der Waals surface area contributed by atoms with Crippen molar-refractivity contribution in [3.05, 3.63) is 28.3 Å². The van der Waals surface area contributed by atoms with Crippen molar-refractivity contribution in [2.45, 2.75) is 0 Å². The van der Waals surface area contributed by atoms with Crippen LogP contribution in [0.1, 0.15) is 0 Å². The van der Waals surface area contributed by atoms with E-state index in [0.29, 0.717) is 5.69 Å². The van der Waals surface area contributed by atoms with Crippen LogP contribution in [0.15, 0.2) is 18.2 Å². The summed E-state index contributed by atoms with van der Waals surface area (Å²) in [5.41, 5.74) is 5.20. The first-order chi connectivity index (χ1) is 7.58. The molecule has 7 nitrogen and oxygen atoms in total. The monoisotopic (exact) mass is 225 g/mol. The summed E-state index contributed by atoms with van der Waals surface area (Å²) in [6.07, 6.45) is 0. The van der Waals surface area contributed by atoms with Crippen LogP contribution in [0.2, 0.25) is 0 Å². The average molecular weight is 225 g/mol. The Labute approximate surface area is 91.3 Å². The highest BCUT2D eigenvalue weighted by Gasteiger charge is 2.15. The minimum atomic E-state index is -0.586. The SMILES string of the molecule is COc1ccc(NC(=O)CN)cc1[N+](=O)[O-]. The Morgan fingerprint density at radius 3 is 2.81 bits per heavy atom. The molecule has 0 fully saturated rings. The number of nitrogens with one attached hydrogen (secondary N) is 1. The molecule has 0 saturated carbocycles. The number of hydrogen-bond donors (Lipinski definition) is 2. The molecule has 0 aliphatic rings. The van der Waals surface area contributed by atoms with Crippen molar-refractivity contribution in [3.63, 3.8) is 0 Å². The standard InChI is InChI=1S/C9H11N3O4/c1-16-8-3-2-6(11-9(13)5-10)4-7(8)12(14)15/h2-4H,5,10H2,1H3,(H,11,13). The molecule has 1 aromatic rings. The van der Waals surface area contributed by atoms with E-state index in [1.807, 2.05) is 0 Å². The molecule has 0 saturated heterocycles. The molecule has 0 spiro atoms. The highest BCUT2D eigenvalue weighted by atomic mass is 16.6. The molecule has 0 unspecified atom stereocenters. The van der Waals surface area contributed by atoms with Crippen molar-refractivity contribution in [1.29, 1.82) is 0 Å². The number of nitrogens with zero attached hydrogens (tertiary/aromatic N) is 1. The Balaban J connectivity index is 3.02. The molecule has 0 radical (unpaired) electrons. The van der Waals surface area contributed by atoms with E-state index in [9.17, 15) is 14.9 Å². The molecule has 7 heteroatoms. The summed E-state index contributed by atoms with van der Waals surface area (Å²) >= 11 is 0. The fraction of sp³-hybridized carbons (Fsp3) is 0.222. The number of ether oxygens (including phenoxy) is 1. The summed E-state index contributed by atoms with van der Waals surface area (Å²) < 4.78 is 4.81. The van der Waals surface area contributed by atoms with Crippen molar-refractivity contribution in [1.82, 2.24) is 0 Å². The zero-order valence-electron chi connectivity index (χ0n) is 8.60. The summed E-state index contributed by atoms with van der Waals surface area (Å²) in [5, 5.41) is 13.1. The topological polar surface area (TPSA) is 107 Å². The molecule has 1 rings (SSSR count). The number of nitro groups is 1. The predicted molar refractivity (Wildman–Crippen MR) is 57.3 cm³/mol. The summed E-state index contributed by atoms with van der Waals surface area (Å²) in [7, 11) is 1.33. The lowest BCUT2D eigenvalue weighted by atomic mass is 10.2. The number of hydrogen-bond acceptors (Lipinski definition) is 5. The number of amides is 1. The number of benzene rings is 1. The number of anilines is 1. The number of methoxy groups -OCH3 is 1. The number of nitro benzene ring substituents is 1. The van der Waals surface area contributed by atoms with Gasteiger partial charge in [-0.25, -0.2) is 0 Å². The van der Waals surface area contributed by atoms with Gasteiger partial charge in [0.1, 0.15) is 0 Å². The third-order valence-corrected chi connectivity index (χ3v) is 1.84. The Hall–Kier alpha value is -2.15. The van der Waals surface area contributed by atoms with Gasteiger partial charge in [0.15, 0.2) is 5.75 Å². The second-order valence-corrected chi connectivity index (χ2v) is 2.90. The van der Waals surface area contributed by atoms with Gasteiger partial charge in [0, 0.05) is 11.8 Å². The minimum Gasteiger partial charge on any atom is -0.490 e. The molecule has 16 heavy (non-hydrogen) atoms. The maximum Gasteiger partial charge on any atom is 0.312 e. The first-order valence-electron chi connectivity index (χ1n) is 4.41. The van der Waals surface area contributed by atoms with E-state index in [2.05, 4.69) is 5.32 Å². The lowest BCUT2D eigenvalue weighted by Crippen LogP contribution is -2.21. The van der Waals surface area contributed by atoms with Crippen LogP contribution >= 0.6 is 0 Å². The smallest absolute Gasteiger partial charge is 0.312 e. The highest BCUT2D eigenvalue weighted by Crippen LogP contribution is 2.29. The van der Waals surface area contributed by atoms with Crippen molar-refractivity contribution < 1.29 is 14.5 Å². The van der Waals surface area contributed by atoms with Crippen molar-refractivity contribution >= 4 is 17.3 Å². The molecule has 86 valence electrons. The molecular formula is C9H11N3O4. The second-order valence-electron chi connectivity index (χ2n) is 2.90. The van der Waals surface area contributed by atoms with Gasteiger partial charge in [0.2, 0.25) is 5.91 Å². The van der Waals surface area contributed by atoms with Crippen LogP contribution in [-0.4, -0.2) is 24.5 Å². The van der Waals surface area contributed by atoms with Gasteiger partial charge in [-0.15, -0.1) is 0 Å². The fourth-order valence-electron chi connectivity index (χ4n) is 1.12. The summed E-state index contributed by atoms with van der Waals surface area (Å²) in [6.45, 7) is -0.181. The molecular weight excluding hydrogens is 214 g/mol. The number of carbonyl (C=O) groups is 1. The quantitative estimate of drug-likeness (QED) is 0.573. The third-order valence-electron chi connectivity index (χ3n) is 1.84. The maximum absolute atomic E-state index is 11.0. The molecule has 0 bridgehead atoms. The Bertz CT molecular complexity index is 419. The lowest BCUT2D eigenvalue weighted by molar-refractivity contribution is -0.385. The van der Waals surface area contributed by atoms with Gasteiger partial charge >= 0.3 is 5.69 Å². The van der Waals surface area contributed by atoms with E-state index < -0.39 is 10.8 Å². The van der Waals surface area contributed by atoms with Gasteiger partial charge in [0.05, 0.1) is 18.6 Å². The molecule has 1 aromatic carbocycles. The minimum absolute atomic E-state index is 0.135. The molecule has 0 aliphatic carbocycles. The van der Waals surface area contributed by atoms with Crippen LogP contribution in [0.3, 0.4) is 0 Å². The number of carbonyl (C=O) groups excluding carboxylic acids is 1. The van der Waals surface area contributed by atoms with Crippen LogP contribution in [0.25, 0.3) is 0 Å². The Morgan fingerprint density at radius 1 is 1.62 bits per heavy atom. The van der Waals surface area contributed by atoms with Gasteiger partial charge < -0.3 is 15.8 Å². The first-order valence-corrected chi connectivity index (χ1v) is 4.41. The summed E-state index contributed by atoms with van der Waals surface area (Å²) in [4.78, 5) is 21.1. The molecule has 3 N–H and O–H groups in total. The third kappa shape index (κ3) is 2.67. The maximum atomic E-state index is 11.0. The van der Waals surface area contributed by atoms with E-state index in [4.69, 9.17) is 10.5 Å². The van der Waals surface area contributed by atoms with Crippen LogP contribution < -0.4 is 15.8 Å². The Kier molecular flexibility index (Phi) is 3.78. The Morgan fingerprint density at radius 2 is 2.31 bits per heavy atom. The van der Waals surface area contributed by atoms with Crippen LogP contribution in [-0.2, 0) is 4.79 Å². The van der Waals surface area contributed by atoms with E-state index in [0.717, 1.165) is 0 Å². The predicted octanol–water partition coefficient (Wildman–Crippen LogP) is 0.501. The molecule has 0 aromatic heterocycles. The zero-order chi connectivity index (χ0) is 12.1. The van der Waals surface area contributed by atoms with Gasteiger partial charge in [-0.1, -0.05) is 0 Å². The van der Waals surface area contributed by atoms with E-state index in [1.54, 1.807) is 0 Å². The normalized spacial score (nSPS) is 9.62.